The second-order valence-corrected chi connectivity index (χ2v) is 10.6. The van der Waals surface area contributed by atoms with E-state index in [4.69, 9.17) is 0 Å². The van der Waals surface area contributed by atoms with Crippen LogP contribution in [0, 0.1) is 34.5 Å². The quantitative estimate of drug-likeness (QED) is 0.672. The fourth-order valence-corrected chi connectivity index (χ4v) is 6.88. The molecule has 5 atom stereocenters. The molecule has 2 fully saturated rings. The Morgan fingerprint density at radius 3 is 2.50 bits per heavy atom. The molecule has 0 aliphatic heterocycles. The fraction of sp³-hybridized carbons (Fsp3) is 0.600. The zero-order chi connectivity index (χ0) is 21.7. The van der Waals surface area contributed by atoms with Crippen molar-refractivity contribution in [3.63, 3.8) is 0 Å². The van der Waals surface area contributed by atoms with E-state index in [0.717, 1.165) is 25.8 Å². The maximum atomic E-state index is 13.9. The molecular formula is C25H34N2O3. The van der Waals surface area contributed by atoms with Crippen molar-refractivity contribution >= 4 is 5.78 Å². The molecule has 0 saturated heterocycles. The number of phenols is 2. The van der Waals surface area contributed by atoms with Gasteiger partial charge < -0.3 is 14.8 Å². The number of hydrogen-bond donors (Lipinski definition) is 2. The normalized spacial score (nSPS) is 33.1. The Morgan fingerprint density at radius 2 is 1.87 bits per heavy atom. The van der Waals surface area contributed by atoms with Crippen LogP contribution < -0.4 is 0 Å². The minimum atomic E-state index is -0.148. The first-order valence-corrected chi connectivity index (χ1v) is 11.1. The van der Waals surface area contributed by atoms with Gasteiger partial charge in [-0.3, -0.25) is 4.79 Å². The molecule has 1 heterocycles. The number of nitrogens with zero attached hydrogens (tertiary/aromatic N) is 2. The van der Waals surface area contributed by atoms with Crippen LogP contribution in [0.4, 0.5) is 0 Å². The van der Waals surface area contributed by atoms with Crippen LogP contribution in [0.2, 0.25) is 0 Å². The third-order valence-electron chi connectivity index (χ3n) is 8.27. The van der Waals surface area contributed by atoms with Gasteiger partial charge in [0.05, 0.1) is 6.33 Å². The predicted octanol–water partition coefficient (Wildman–Crippen LogP) is 5.28. The third-order valence-corrected chi connectivity index (χ3v) is 8.27. The zero-order valence-electron chi connectivity index (χ0n) is 18.5. The summed E-state index contributed by atoms with van der Waals surface area (Å²) in [5.41, 5.74) is 0.501. The number of Topliss-reactive ketones (excluding diaryl/α,β-unsaturated/α-hetero) is 1. The Balaban J connectivity index is 1.76. The Morgan fingerprint density at radius 1 is 1.17 bits per heavy atom. The molecule has 5 heteroatoms. The third kappa shape index (κ3) is 3.52. The number of rotatable bonds is 4. The molecule has 2 N–H and O–H groups in total. The highest BCUT2D eigenvalue weighted by molar-refractivity contribution is 5.99. The monoisotopic (exact) mass is 410 g/mol. The molecule has 1 aromatic carbocycles. The maximum absolute atomic E-state index is 13.9. The smallest absolute Gasteiger partial charge is 0.167 e. The van der Waals surface area contributed by atoms with E-state index >= 15 is 0 Å². The highest BCUT2D eigenvalue weighted by atomic mass is 16.3. The van der Waals surface area contributed by atoms with Gasteiger partial charge in [0.2, 0.25) is 0 Å². The molecule has 1 unspecified atom stereocenters. The van der Waals surface area contributed by atoms with Crippen molar-refractivity contribution in [2.24, 2.45) is 34.5 Å². The highest BCUT2D eigenvalue weighted by Gasteiger charge is 2.58. The van der Waals surface area contributed by atoms with Gasteiger partial charge >= 0.3 is 0 Å². The van der Waals surface area contributed by atoms with Crippen LogP contribution in [0.5, 0.6) is 11.5 Å². The van der Waals surface area contributed by atoms with Crippen molar-refractivity contribution in [2.75, 3.05) is 0 Å². The molecule has 0 radical (unpaired) electrons. The number of carbonyl (C=O) groups excluding carboxylic acids is 1. The Bertz CT molecular complexity index is 900. The Labute approximate surface area is 179 Å². The molecule has 4 rings (SSSR count). The van der Waals surface area contributed by atoms with Gasteiger partial charge in [-0.2, -0.15) is 0 Å². The molecule has 0 spiro atoms. The van der Waals surface area contributed by atoms with Crippen LogP contribution in [0.1, 0.15) is 63.7 Å². The van der Waals surface area contributed by atoms with Crippen LogP contribution in [0.3, 0.4) is 0 Å². The van der Waals surface area contributed by atoms with E-state index in [1.807, 2.05) is 12.5 Å². The van der Waals surface area contributed by atoms with Crippen LogP contribution >= 0.6 is 0 Å². The van der Waals surface area contributed by atoms with E-state index in [2.05, 4.69) is 37.2 Å². The van der Waals surface area contributed by atoms with Gasteiger partial charge in [-0.1, -0.05) is 34.1 Å². The van der Waals surface area contributed by atoms with Gasteiger partial charge in [-0.15, -0.1) is 0 Å². The number of benzene rings is 1. The summed E-state index contributed by atoms with van der Waals surface area (Å²) in [6.07, 6.45) is 10.1. The van der Waals surface area contributed by atoms with E-state index in [1.54, 1.807) is 6.20 Å². The van der Waals surface area contributed by atoms with E-state index in [1.165, 1.54) is 24.6 Å². The Hall–Kier alpha value is -2.30. The van der Waals surface area contributed by atoms with E-state index in [-0.39, 0.29) is 39.9 Å². The average molecular weight is 411 g/mol. The Kier molecular flexibility index (Phi) is 5.19. The standard InChI is InChI=1S/C25H34N2O3/c1-16-18(14-27-9-8-26-15-27)12-21-24(2,3)6-5-7-25(21,4)22(16)23(30)17-10-19(28)13-20(29)11-17/h8-11,13,15-16,18,21-22,28-29H,5-7,12,14H2,1-4H3/t16-,18-,21?,22-,25+/m1/s1. The summed E-state index contributed by atoms with van der Waals surface area (Å²) in [5, 5.41) is 20.0. The molecule has 0 bridgehead atoms. The van der Waals surface area contributed by atoms with E-state index in [0.29, 0.717) is 17.4 Å². The number of imidazole rings is 1. The average Bonchev–Trinajstić information content (AvgIpc) is 3.15. The lowest BCUT2D eigenvalue weighted by Gasteiger charge is -2.60. The minimum absolute atomic E-state index is 0.0502. The first-order valence-electron chi connectivity index (χ1n) is 11.1. The molecule has 2 saturated carbocycles. The topological polar surface area (TPSA) is 75.4 Å². The molecule has 5 nitrogen and oxygen atoms in total. The van der Waals surface area contributed by atoms with Crippen molar-refractivity contribution < 1.29 is 15.0 Å². The number of fused-ring (bicyclic) bond motifs is 1. The van der Waals surface area contributed by atoms with Crippen molar-refractivity contribution in [1.29, 1.82) is 0 Å². The molecule has 2 aliphatic carbocycles. The van der Waals surface area contributed by atoms with Gasteiger partial charge in [0.1, 0.15) is 11.5 Å². The lowest BCUT2D eigenvalue weighted by atomic mass is 9.44. The molecule has 2 aliphatic rings. The second-order valence-electron chi connectivity index (χ2n) is 10.6. The number of aromatic nitrogens is 2. The summed E-state index contributed by atoms with van der Waals surface area (Å²) < 4.78 is 2.13. The maximum Gasteiger partial charge on any atom is 0.167 e. The molecule has 1 aromatic heterocycles. The van der Waals surface area contributed by atoms with Crippen molar-refractivity contribution in [3.8, 4) is 11.5 Å². The van der Waals surface area contributed by atoms with E-state index < -0.39 is 0 Å². The van der Waals surface area contributed by atoms with Crippen LogP contribution in [-0.2, 0) is 6.54 Å². The molecule has 30 heavy (non-hydrogen) atoms. The van der Waals surface area contributed by atoms with Crippen LogP contribution in [0.15, 0.2) is 36.9 Å². The summed E-state index contributed by atoms with van der Waals surface area (Å²) in [6.45, 7) is 10.1. The molecule has 0 amide bonds. The SMILES string of the molecule is C[C@@H]1[C@@H](Cn2ccnc2)CC2C(C)(C)CCC[C@]2(C)[C@H]1C(=O)c1cc(O)cc(O)c1. The summed E-state index contributed by atoms with van der Waals surface area (Å²) in [4.78, 5) is 18.1. The molecule has 2 aromatic rings. The van der Waals surface area contributed by atoms with Crippen molar-refractivity contribution in [1.82, 2.24) is 9.55 Å². The predicted molar refractivity (Wildman–Crippen MR) is 116 cm³/mol. The first-order chi connectivity index (χ1) is 14.1. The number of phenolic OH excluding ortho intramolecular Hbond substituents is 2. The first kappa shape index (κ1) is 21.0. The van der Waals surface area contributed by atoms with Gasteiger partial charge in [0.25, 0.3) is 0 Å². The minimum Gasteiger partial charge on any atom is -0.508 e. The lowest BCUT2D eigenvalue weighted by molar-refractivity contribution is -0.104. The van der Waals surface area contributed by atoms with Crippen molar-refractivity contribution in [3.05, 3.63) is 42.5 Å². The highest BCUT2D eigenvalue weighted by Crippen LogP contribution is 2.63. The number of hydrogen-bond acceptors (Lipinski definition) is 4. The number of aromatic hydroxyl groups is 2. The van der Waals surface area contributed by atoms with Gasteiger partial charge in [0, 0.05) is 36.5 Å². The summed E-state index contributed by atoms with van der Waals surface area (Å²) in [7, 11) is 0. The summed E-state index contributed by atoms with van der Waals surface area (Å²) >= 11 is 0. The van der Waals surface area contributed by atoms with Crippen molar-refractivity contribution in [2.45, 2.75) is 59.9 Å². The van der Waals surface area contributed by atoms with Gasteiger partial charge in [0.15, 0.2) is 5.78 Å². The largest absolute Gasteiger partial charge is 0.508 e. The van der Waals surface area contributed by atoms with Crippen LogP contribution in [-0.4, -0.2) is 25.5 Å². The zero-order valence-corrected chi connectivity index (χ0v) is 18.5. The summed E-state index contributed by atoms with van der Waals surface area (Å²) in [6, 6.07) is 4.28. The van der Waals surface area contributed by atoms with E-state index in [9.17, 15) is 15.0 Å². The molecular weight excluding hydrogens is 376 g/mol. The fourth-order valence-electron chi connectivity index (χ4n) is 6.88. The van der Waals surface area contributed by atoms with Gasteiger partial charge in [-0.05, 0) is 60.0 Å². The second kappa shape index (κ2) is 7.44. The lowest BCUT2D eigenvalue weighted by Crippen LogP contribution is -2.56. The van der Waals surface area contributed by atoms with Crippen LogP contribution in [0.25, 0.3) is 0 Å². The number of ketones is 1. The summed E-state index contributed by atoms with van der Waals surface area (Å²) in [5.74, 6) is 0.780. The molecule has 162 valence electrons. The van der Waals surface area contributed by atoms with Gasteiger partial charge in [-0.25, -0.2) is 4.98 Å². The number of carbonyl (C=O) groups is 1.